The number of halogens is 1. The van der Waals surface area contributed by atoms with Crippen LogP contribution in [0.5, 0.6) is 0 Å². The molecule has 0 amide bonds. The highest BCUT2D eigenvalue weighted by Crippen LogP contribution is 2.21. The monoisotopic (exact) mass is 274 g/mol. The zero-order valence-corrected chi connectivity index (χ0v) is 11.1. The molecule has 0 aliphatic rings. The molecule has 0 unspecified atom stereocenters. The van der Waals surface area contributed by atoms with Crippen LogP contribution in [0.4, 0.5) is 0 Å². The van der Waals surface area contributed by atoms with Gasteiger partial charge in [0.15, 0.2) is 0 Å². The number of aromatic nitrogens is 2. The van der Waals surface area contributed by atoms with E-state index in [2.05, 4.69) is 26.8 Å². The Labute approximate surface area is 114 Å². The van der Waals surface area contributed by atoms with E-state index in [-0.39, 0.29) is 0 Å². The predicted octanol–water partition coefficient (Wildman–Crippen LogP) is 4.38. The molecule has 0 aliphatic heterocycles. The van der Waals surface area contributed by atoms with E-state index in [1.165, 1.54) is 5.56 Å². The Balaban J connectivity index is 1.85. The molecule has 0 atom stereocenters. The van der Waals surface area contributed by atoms with E-state index in [1.807, 2.05) is 30.5 Å². The first kappa shape index (κ1) is 11.5. The molecule has 3 rings (SSSR count). The first-order valence-electron chi connectivity index (χ1n) is 5.62. The number of benzene rings is 1. The molecule has 0 spiro atoms. The summed E-state index contributed by atoms with van der Waals surface area (Å²) in [5.74, 6) is 0.975. The molecule has 2 heterocycles. The topological polar surface area (TPSA) is 28.7 Å². The van der Waals surface area contributed by atoms with Crippen molar-refractivity contribution in [3.05, 3.63) is 63.7 Å². The van der Waals surface area contributed by atoms with Crippen LogP contribution in [0.2, 0.25) is 5.02 Å². The molecule has 3 aromatic rings. The number of hydrogen-bond donors (Lipinski definition) is 1. The first-order valence-corrected chi connectivity index (χ1v) is 6.94. The van der Waals surface area contributed by atoms with Crippen molar-refractivity contribution in [2.75, 3.05) is 0 Å². The van der Waals surface area contributed by atoms with E-state index >= 15 is 0 Å². The van der Waals surface area contributed by atoms with E-state index in [4.69, 9.17) is 11.6 Å². The van der Waals surface area contributed by atoms with Crippen molar-refractivity contribution in [3.63, 3.8) is 0 Å². The van der Waals surface area contributed by atoms with Gasteiger partial charge in [0, 0.05) is 17.0 Å². The fourth-order valence-corrected chi connectivity index (χ4v) is 2.70. The van der Waals surface area contributed by atoms with Crippen LogP contribution in [0.1, 0.15) is 11.4 Å². The van der Waals surface area contributed by atoms with Crippen molar-refractivity contribution in [2.45, 2.75) is 6.42 Å². The van der Waals surface area contributed by atoms with E-state index in [9.17, 15) is 0 Å². The molecular weight excluding hydrogens is 264 g/mol. The standard InChI is InChI=1S/C14H11ClN2S/c15-12-3-1-2-11(7-12)13-8-16-14(17-13)6-10-4-5-18-9-10/h1-5,7-9H,6H2,(H,16,17). The van der Waals surface area contributed by atoms with Crippen molar-refractivity contribution < 1.29 is 0 Å². The minimum atomic E-state index is 0.737. The van der Waals surface area contributed by atoms with Crippen molar-refractivity contribution in [1.29, 1.82) is 0 Å². The van der Waals surface area contributed by atoms with Gasteiger partial charge in [-0.05, 0) is 34.5 Å². The van der Waals surface area contributed by atoms with Crippen LogP contribution in [0, 0.1) is 0 Å². The Kier molecular flexibility index (Phi) is 3.17. The zero-order valence-electron chi connectivity index (χ0n) is 9.56. The molecular formula is C14H11ClN2S. The number of thiophene rings is 1. The van der Waals surface area contributed by atoms with Gasteiger partial charge < -0.3 is 4.98 Å². The Hall–Kier alpha value is -1.58. The SMILES string of the molecule is Clc1cccc(-c2cnc(Cc3ccsc3)[nH]2)c1. The van der Waals surface area contributed by atoms with Gasteiger partial charge in [0.2, 0.25) is 0 Å². The first-order chi connectivity index (χ1) is 8.81. The lowest BCUT2D eigenvalue weighted by Gasteiger charge is -1.98. The average Bonchev–Trinajstić information content (AvgIpc) is 3.01. The quantitative estimate of drug-likeness (QED) is 0.754. The molecule has 0 bridgehead atoms. The zero-order chi connectivity index (χ0) is 12.4. The van der Waals surface area contributed by atoms with Gasteiger partial charge in [0.25, 0.3) is 0 Å². The lowest BCUT2D eigenvalue weighted by atomic mass is 10.2. The molecule has 0 fully saturated rings. The maximum absolute atomic E-state index is 5.98. The van der Waals surface area contributed by atoms with Crippen LogP contribution in [0.15, 0.2) is 47.3 Å². The van der Waals surface area contributed by atoms with Crippen molar-refractivity contribution in [2.24, 2.45) is 0 Å². The highest BCUT2D eigenvalue weighted by Gasteiger charge is 2.04. The van der Waals surface area contributed by atoms with Crippen molar-refractivity contribution >= 4 is 22.9 Å². The van der Waals surface area contributed by atoms with Crippen LogP contribution in [0.3, 0.4) is 0 Å². The molecule has 4 heteroatoms. The third-order valence-corrected chi connectivity index (χ3v) is 3.68. The van der Waals surface area contributed by atoms with Gasteiger partial charge in [-0.1, -0.05) is 23.7 Å². The third-order valence-electron chi connectivity index (χ3n) is 2.72. The van der Waals surface area contributed by atoms with Crippen LogP contribution in [-0.4, -0.2) is 9.97 Å². The summed E-state index contributed by atoms with van der Waals surface area (Å²) < 4.78 is 0. The number of hydrogen-bond acceptors (Lipinski definition) is 2. The maximum atomic E-state index is 5.98. The van der Waals surface area contributed by atoms with E-state index in [0.29, 0.717) is 0 Å². The van der Waals surface area contributed by atoms with E-state index < -0.39 is 0 Å². The second-order valence-electron chi connectivity index (χ2n) is 4.06. The molecule has 0 radical (unpaired) electrons. The van der Waals surface area contributed by atoms with Gasteiger partial charge in [-0.2, -0.15) is 11.3 Å². The number of nitrogens with zero attached hydrogens (tertiary/aromatic N) is 1. The normalized spacial score (nSPS) is 10.7. The fourth-order valence-electron chi connectivity index (χ4n) is 1.84. The summed E-state index contributed by atoms with van der Waals surface area (Å²) in [5, 5.41) is 4.96. The predicted molar refractivity (Wildman–Crippen MR) is 76.2 cm³/mol. The second-order valence-corrected chi connectivity index (χ2v) is 5.28. The minimum absolute atomic E-state index is 0.737. The second kappa shape index (κ2) is 4.96. The molecule has 0 aliphatic carbocycles. The highest BCUT2D eigenvalue weighted by molar-refractivity contribution is 7.07. The summed E-state index contributed by atoms with van der Waals surface area (Å²) >= 11 is 7.69. The van der Waals surface area contributed by atoms with Crippen LogP contribution < -0.4 is 0 Å². The molecule has 1 aromatic carbocycles. The van der Waals surface area contributed by atoms with Gasteiger partial charge in [0.05, 0.1) is 11.9 Å². The Morgan fingerprint density at radius 1 is 1.28 bits per heavy atom. The summed E-state index contributed by atoms with van der Waals surface area (Å²) in [6.45, 7) is 0. The Morgan fingerprint density at radius 3 is 3.00 bits per heavy atom. The fraction of sp³-hybridized carbons (Fsp3) is 0.0714. The van der Waals surface area contributed by atoms with Gasteiger partial charge in [-0.25, -0.2) is 4.98 Å². The van der Waals surface area contributed by atoms with Crippen LogP contribution >= 0.6 is 22.9 Å². The molecule has 2 aromatic heterocycles. The number of rotatable bonds is 3. The van der Waals surface area contributed by atoms with Gasteiger partial charge >= 0.3 is 0 Å². The van der Waals surface area contributed by atoms with Gasteiger partial charge in [-0.15, -0.1) is 0 Å². The Morgan fingerprint density at radius 2 is 2.22 bits per heavy atom. The lowest BCUT2D eigenvalue weighted by Crippen LogP contribution is -1.88. The summed E-state index contributed by atoms with van der Waals surface area (Å²) in [6, 6.07) is 9.88. The van der Waals surface area contributed by atoms with Crippen LogP contribution in [0.25, 0.3) is 11.3 Å². The van der Waals surface area contributed by atoms with E-state index in [0.717, 1.165) is 28.5 Å². The number of imidazole rings is 1. The summed E-state index contributed by atoms with van der Waals surface area (Å²) in [5.41, 5.74) is 3.35. The average molecular weight is 275 g/mol. The molecule has 0 saturated carbocycles. The largest absolute Gasteiger partial charge is 0.342 e. The molecule has 18 heavy (non-hydrogen) atoms. The summed E-state index contributed by atoms with van der Waals surface area (Å²) in [4.78, 5) is 7.73. The van der Waals surface area contributed by atoms with Gasteiger partial charge in [0.1, 0.15) is 5.82 Å². The smallest absolute Gasteiger partial charge is 0.110 e. The number of aromatic amines is 1. The molecule has 2 nitrogen and oxygen atoms in total. The molecule has 90 valence electrons. The maximum Gasteiger partial charge on any atom is 0.110 e. The molecule has 0 saturated heterocycles. The number of nitrogens with one attached hydrogen (secondary N) is 1. The molecule has 1 N–H and O–H groups in total. The van der Waals surface area contributed by atoms with Crippen molar-refractivity contribution in [1.82, 2.24) is 9.97 Å². The Bertz CT molecular complexity index is 643. The third kappa shape index (κ3) is 2.47. The summed E-state index contributed by atoms with van der Waals surface area (Å²) in [7, 11) is 0. The van der Waals surface area contributed by atoms with Gasteiger partial charge in [-0.3, -0.25) is 0 Å². The van der Waals surface area contributed by atoms with E-state index in [1.54, 1.807) is 11.3 Å². The van der Waals surface area contributed by atoms with Crippen molar-refractivity contribution in [3.8, 4) is 11.3 Å². The minimum Gasteiger partial charge on any atom is -0.342 e. The lowest BCUT2D eigenvalue weighted by molar-refractivity contribution is 1.03. The highest BCUT2D eigenvalue weighted by atomic mass is 35.5. The van der Waals surface area contributed by atoms with Crippen LogP contribution in [-0.2, 0) is 6.42 Å². The summed E-state index contributed by atoms with van der Waals surface area (Å²) in [6.07, 6.45) is 2.69. The number of H-pyrrole nitrogens is 1.